The van der Waals surface area contributed by atoms with Crippen molar-refractivity contribution in [2.45, 2.75) is 57.9 Å². The van der Waals surface area contributed by atoms with E-state index in [0.717, 1.165) is 22.9 Å². The van der Waals surface area contributed by atoms with E-state index < -0.39 is 17.9 Å². The van der Waals surface area contributed by atoms with Crippen LogP contribution < -0.4 is 10.1 Å². The molecule has 1 aliphatic carbocycles. The van der Waals surface area contributed by atoms with E-state index in [4.69, 9.17) is 4.74 Å². The number of aromatic nitrogens is 1. The maximum atomic E-state index is 13.3. The molecule has 3 aromatic carbocycles. The van der Waals surface area contributed by atoms with Crippen molar-refractivity contribution < 1.29 is 24.2 Å². The van der Waals surface area contributed by atoms with Crippen molar-refractivity contribution in [3.05, 3.63) is 95.7 Å². The quantitative estimate of drug-likeness (QED) is 0.232. The lowest BCUT2D eigenvalue weighted by molar-refractivity contribution is -0.139. The minimum atomic E-state index is -1.20. The third kappa shape index (κ3) is 6.25. The summed E-state index contributed by atoms with van der Waals surface area (Å²) >= 11 is 0. The van der Waals surface area contributed by atoms with E-state index in [0.29, 0.717) is 29.4 Å². The van der Waals surface area contributed by atoms with Crippen molar-refractivity contribution in [3.8, 4) is 11.5 Å². The number of ether oxygens (including phenoxy) is 1. The van der Waals surface area contributed by atoms with E-state index in [1.165, 1.54) is 25.7 Å². The van der Waals surface area contributed by atoms with Crippen LogP contribution in [0, 0.1) is 12.8 Å². The van der Waals surface area contributed by atoms with Gasteiger partial charge in [0.2, 0.25) is 5.91 Å². The third-order valence-electron chi connectivity index (χ3n) is 7.68. The lowest BCUT2D eigenvalue weighted by Gasteiger charge is -2.16. The molecule has 1 aromatic heterocycles. The number of hydrogen-bond acceptors (Lipinski definition) is 4. The Balaban J connectivity index is 1.37. The molecule has 4 aromatic rings. The molecule has 0 unspecified atom stereocenters. The Bertz CT molecular complexity index is 1520. The topological polar surface area (TPSA) is 97.6 Å². The Kier molecular flexibility index (Phi) is 8.29. The molecule has 1 aliphatic rings. The fraction of sp³-hybridized carbons (Fsp3) is 0.303. The summed E-state index contributed by atoms with van der Waals surface area (Å²) in [6, 6.07) is 20.4. The zero-order valence-electron chi connectivity index (χ0n) is 22.6. The highest BCUT2D eigenvalue weighted by Crippen LogP contribution is 2.30. The fourth-order valence-electron chi connectivity index (χ4n) is 5.54. The second kappa shape index (κ2) is 12.2. The number of fused-ring (bicyclic) bond motifs is 1. The van der Waals surface area contributed by atoms with Gasteiger partial charge in [0.05, 0.1) is 11.1 Å². The number of carboxylic acid groups (broad SMARTS) is 1. The molecule has 7 heteroatoms. The summed E-state index contributed by atoms with van der Waals surface area (Å²) in [4.78, 5) is 38.9. The number of hydrogen-bond donors (Lipinski definition) is 2. The number of carbonyl (C=O) groups excluding carboxylic acids is 2. The van der Waals surface area contributed by atoms with Gasteiger partial charge in [0.1, 0.15) is 17.5 Å². The smallest absolute Gasteiger partial charge is 0.326 e. The van der Waals surface area contributed by atoms with E-state index in [1.54, 1.807) is 47.2 Å². The van der Waals surface area contributed by atoms with Crippen LogP contribution in [0.3, 0.4) is 0 Å². The summed E-state index contributed by atoms with van der Waals surface area (Å²) in [7, 11) is 0. The van der Waals surface area contributed by atoms with E-state index in [-0.39, 0.29) is 17.9 Å². The molecule has 1 saturated carbocycles. The lowest BCUT2D eigenvalue weighted by atomic mass is 10.0. The predicted octanol–water partition coefficient (Wildman–Crippen LogP) is 6.78. The van der Waals surface area contributed by atoms with Crippen LogP contribution in [-0.2, 0) is 11.2 Å². The summed E-state index contributed by atoms with van der Waals surface area (Å²) in [5, 5.41) is 13.6. The van der Waals surface area contributed by atoms with E-state index >= 15 is 0 Å². The number of nitrogens with one attached hydrogen (secondary N) is 1. The van der Waals surface area contributed by atoms with Crippen molar-refractivity contribution >= 4 is 28.7 Å². The van der Waals surface area contributed by atoms with Gasteiger partial charge in [0.15, 0.2) is 0 Å². The highest BCUT2D eigenvalue weighted by Gasteiger charge is 2.26. The monoisotopic (exact) mass is 538 g/mol. The molecule has 0 spiro atoms. The van der Waals surface area contributed by atoms with Crippen molar-refractivity contribution in [3.63, 3.8) is 0 Å². The molecule has 40 heavy (non-hydrogen) atoms. The molecule has 1 heterocycles. The predicted molar refractivity (Wildman–Crippen MR) is 154 cm³/mol. The van der Waals surface area contributed by atoms with Gasteiger partial charge in [-0.3, -0.25) is 14.2 Å². The number of amides is 1. The first kappa shape index (κ1) is 27.2. The van der Waals surface area contributed by atoms with E-state index in [1.807, 2.05) is 43.3 Å². The normalized spacial score (nSPS) is 14.2. The van der Waals surface area contributed by atoms with Crippen LogP contribution in [0.4, 0.5) is 0 Å². The van der Waals surface area contributed by atoms with Crippen LogP contribution in [0.25, 0.3) is 10.9 Å². The first-order valence-electron chi connectivity index (χ1n) is 13.9. The lowest BCUT2D eigenvalue weighted by Crippen LogP contribution is -2.42. The third-order valence-corrected chi connectivity index (χ3v) is 7.68. The second-order valence-electron chi connectivity index (χ2n) is 10.6. The van der Waals surface area contributed by atoms with Gasteiger partial charge in [-0.25, -0.2) is 4.79 Å². The number of aryl methyl sites for hydroxylation is 1. The van der Waals surface area contributed by atoms with Gasteiger partial charge in [-0.1, -0.05) is 67.6 Å². The molecule has 0 aliphatic heterocycles. The molecule has 5 rings (SSSR count). The molecule has 0 radical (unpaired) electrons. The number of carbonyl (C=O) groups is 3. The first-order chi connectivity index (χ1) is 19.4. The first-order valence-corrected chi connectivity index (χ1v) is 13.9. The summed E-state index contributed by atoms with van der Waals surface area (Å²) in [5.41, 5.74) is 2.70. The molecule has 1 amide bonds. The van der Waals surface area contributed by atoms with Crippen molar-refractivity contribution in [1.82, 2.24) is 9.88 Å². The van der Waals surface area contributed by atoms with Crippen LogP contribution in [-0.4, -0.2) is 33.5 Å². The average Bonchev–Trinajstić information content (AvgIpc) is 3.60. The molecule has 0 saturated heterocycles. The van der Waals surface area contributed by atoms with Crippen LogP contribution in [0.1, 0.15) is 64.8 Å². The van der Waals surface area contributed by atoms with Gasteiger partial charge in [0.25, 0.3) is 5.91 Å². The van der Waals surface area contributed by atoms with Gasteiger partial charge < -0.3 is 15.2 Å². The Hall–Kier alpha value is -4.39. The maximum Gasteiger partial charge on any atom is 0.326 e. The zero-order chi connectivity index (χ0) is 28.1. The van der Waals surface area contributed by atoms with Crippen LogP contribution in [0.2, 0.25) is 0 Å². The number of rotatable bonds is 10. The number of nitrogens with zero attached hydrogens (tertiary/aromatic N) is 1. The maximum absolute atomic E-state index is 13.3. The number of para-hydroxylation sites is 2. The largest absolute Gasteiger partial charge is 0.480 e. The minimum absolute atomic E-state index is 0.00917. The van der Waals surface area contributed by atoms with Gasteiger partial charge in [-0.05, 0) is 61.2 Å². The Morgan fingerprint density at radius 1 is 1.00 bits per heavy atom. The Labute approximate surface area is 233 Å². The number of aliphatic carboxylic acids is 1. The highest BCUT2D eigenvalue weighted by molar-refractivity contribution is 5.99. The Morgan fingerprint density at radius 2 is 1.73 bits per heavy atom. The molecular formula is C33H34N2O5. The van der Waals surface area contributed by atoms with Crippen LogP contribution in [0.15, 0.2) is 79.0 Å². The average molecular weight is 539 g/mol. The minimum Gasteiger partial charge on any atom is -0.480 e. The van der Waals surface area contributed by atoms with Gasteiger partial charge in [-0.15, -0.1) is 0 Å². The van der Waals surface area contributed by atoms with Crippen LogP contribution >= 0.6 is 0 Å². The molecule has 7 nitrogen and oxygen atoms in total. The second-order valence-corrected chi connectivity index (χ2v) is 10.6. The summed E-state index contributed by atoms with van der Waals surface area (Å²) in [6.45, 7) is 1.96. The van der Waals surface area contributed by atoms with E-state index in [2.05, 4.69) is 5.32 Å². The zero-order valence-corrected chi connectivity index (χ0v) is 22.6. The molecule has 206 valence electrons. The summed E-state index contributed by atoms with van der Waals surface area (Å²) < 4.78 is 7.56. The highest BCUT2D eigenvalue weighted by atomic mass is 16.5. The van der Waals surface area contributed by atoms with Crippen LogP contribution in [0.5, 0.6) is 11.5 Å². The van der Waals surface area contributed by atoms with Crippen molar-refractivity contribution in [1.29, 1.82) is 0 Å². The van der Waals surface area contributed by atoms with Crippen molar-refractivity contribution in [2.24, 2.45) is 5.92 Å². The van der Waals surface area contributed by atoms with Gasteiger partial charge in [0, 0.05) is 24.4 Å². The summed E-state index contributed by atoms with van der Waals surface area (Å²) in [6.07, 6.45) is 7.95. The van der Waals surface area contributed by atoms with Gasteiger partial charge in [-0.2, -0.15) is 0 Å². The molecular weight excluding hydrogens is 504 g/mol. The van der Waals surface area contributed by atoms with Gasteiger partial charge >= 0.3 is 5.97 Å². The van der Waals surface area contributed by atoms with Crippen molar-refractivity contribution in [2.75, 3.05) is 0 Å². The number of benzene rings is 3. The standard InChI is InChI=1S/C33H34N2O5/c1-22-15-17-29-27(19-22)24(21-35(29)31(36)18-16-23-9-5-6-10-23)20-28(33(38)39)34-32(37)26-13-7-8-14-30(26)40-25-11-3-2-4-12-25/h2-4,7-8,11-15,17,19,21,23,28H,5-6,9-10,16,18,20H2,1H3,(H,34,37)(H,38,39)/t28-/m0/s1. The molecule has 2 N–H and O–H groups in total. The molecule has 0 bridgehead atoms. The molecule has 1 atom stereocenters. The SMILES string of the molecule is Cc1ccc2c(c1)c(C[C@H](NC(=O)c1ccccc1Oc1ccccc1)C(=O)O)cn2C(=O)CCC1CCCC1. The Morgan fingerprint density at radius 3 is 2.48 bits per heavy atom. The summed E-state index contributed by atoms with van der Waals surface area (Å²) in [5.74, 6) is -0.195. The molecule has 1 fully saturated rings. The number of carboxylic acids is 1. The van der Waals surface area contributed by atoms with E-state index in [9.17, 15) is 19.5 Å². The fourth-order valence-corrected chi connectivity index (χ4v) is 5.54.